The Kier molecular flexibility index (Phi) is 7.39. The molecule has 3 heterocycles. The van der Waals surface area contributed by atoms with E-state index in [1.54, 1.807) is 13.3 Å². The predicted molar refractivity (Wildman–Crippen MR) is 152 cm³/mol. The Morgan fingerprint density at radius 3 is 2.53 bits per heavy atom. The summed E-state index contributed by atoms with van der Waals surface area (Å²) >= 11 is 5.92. The Labute approximate surface area is 227 Å². The van der Waals surface area contributed by atoms with Crippen LogP contribution < -0.4 is 20.3 Å². The molecule has 4 aromatic rings. The van der Waals surface area contributed by atoms with Crippen LogP contribution in [0.25, 0.3) is 5.69 Å². The highest BCUT2D eigenvalue weighted by atomic mass is 32.1. The van der Waals surface area contributed by atoms with Gasteiger partial charge in [0.1, 0.15) is 18.4 Å². The number of carbonyl (C=O) groups is 1. The van der Waals surface area contributed by atoms with Crippen molar-refractivity contribution in [2.45, 2.75) is 19.0 Å². The molecule has 5 rings (SSSR count). The third-order valence-electron chi connectivity index (χ3n) is 6.53. The van der Waals surface area contributed by atoms with Gasteiger partial charge in [-0.05, 0) is 73.7 Å². The number of rotatable bonds is 8. The zero-order valence-corrected chi connectivity index (χ0v) is 22.2. The molecular formula is C29H29N5O3S. The van der Waals surface area contributed by atoms with Crippen LogP contribution in [0.4, 0.5) is 11.4 Å². The lowest BCUT2D eigenvalue weighted by molar-refractivity contribution is -0.119. The zero-order valence-electron chi connectivity index (χ0n) is 21.4. The Bertz CT molecular complexity index is 1440. The molecule has 38 heavy (non-hydrogen) atoms. The first-order chi connectivity index (χ1) is 18.5. The summed E-state index contributed by atoms with van der Waals surface area (Å²) in [5.74, 6) is 0.263. The van der Waals surface area contributed by atoms with Crippen LogP contribution in [-0.2, 0) is 9.53 Å². The molecule has 8 nitrogen and oxygen atoms in total. The summed E-state index contributed by atoms with van der Waals surface area (Å²) in [6.07, 6.45) is 1.79. The van der Waals surface area contributed by atoms with E-state index in [2.05, 4.69) is 56.3 Å². The lowest BCUT2D eigenvalue weighted by Crippen LogP contribution is -2.30. The van der Waals surface area contributed by atoms with Gasteiger partial charge in [-0.25, -0.2) is 0 Å². The van der Waals surface area contributed by atoms with E-state index in [1.165, 1.54) is 7.11 Å². The molecule has 0 unspecified atom stereocenters. The van der Waals surface area contributed by atoms with E-state index in [1.807, 2.05) is 54.6 Å². The summed E-state index contributed by atoms with van der Waals surface area (Å²) in [7, 11) is 3.05. The summed E-state index contributed by atoms with van der Waals surface area (Å²) in [6.45, 7) is 2.03. The van der Waals surface area contributed by atoms with Crippen molar-refractivity contribution in [2.75, 3.05) is 31.0 Å². The second kappa shape index (κ2) is 11.0. The first-order valence-corrected chi connectivity index (χ1v) is 12.6. The summed E-state index contributed by atoms with van der Waals surface area (Å²) < 4.78 is 12.7. The number of ether oxygens (including phenoxy) is 2. The molecule has 2 aromatic heterocycles. The van der Waals surface area contributed by atoms with Crippen molar-refractivity contribution in [1.82, 2.24) is 14.9 Å². The average Bonchev–Trinajstić information content (AvgIpc) is 3.48. The normalized spacial score (nSPS) is 16.8. The Morgan fingerprint density at radius 2 is 1.82 bits per heavy atom. The second-order valence-corrected chi connectivity index (χ2v) is 9.32. The summed E-state index contributed by atoms with van der Waals surface area (Å²) in [4.78, 5) is 19.1. The van der Waals surface area contributed by atoms with Gasteiger partial charge in [0.2, 0.25) is 5.91 Å². The van der Waals surface area contributed by atoms with Gasteiger partial charge >= 0.3 is 0 Å². The number of methoxy groups -OCH3 is 2. The maximum Gasteiger partial charge on any atom is 0.250 e. The first-order valence-electron chi connectivity index (χ1n) is 12.2. The number of aromatic nitrogens is 2. The van der Waals surface area contributed by atoms with Crippen LogP contribution in [0.15, 0.2) is 85.1 Å². The van der Waals surface area contributed by atoms with E-state index in [0.29, 0.717) is 16.5 Å². The number of carbonyl (C=O) groups excluding carboxylic acids is 1. The maximum atomic E-state index is 12.3. The van der Waals surface area contributed by atoms with Gasteiger partial charge in [0, 0.05) is 36.1 Å². The van der Waals surface area contributed by atoms with Gasteiger partial charge in [0.25, 0.3) is 0 Å². The molecule has 2 N–H and O–H groups in total. The van der Waals surface area contributed by atoms with E-state index < -0.39 is 0 Å². The highest BCUT2D eigenvalue weighted by molar-refractivity contribution is 7.80. The third kappa shape index (κ3) is 4.85. The van der Waals surface area contributed by atoms with E-state index in [-0.39, 0.29) is 24.6 Å². The van der Waals surface area contributed by atoms with Crippen molar-refractivity contribution < 1.29 is 14.3 Å². The topological polar surface area (TPSA) is 80.7 Å². The lowest BCUT2D eigenvalue weighted by atomic mass is 10.0. The molecule has 2 aromatic carbocycles. The molecule has 1 aliphatic rings. The average molecular weight is 528 g/mol. The molecule has 2 atom stereocenters. The number of para-hydroxylation sites is 1. The fraction of sp³-hybridized carbons (Fsp3) is 0.207. The van der Waals surface area contributed by atoms with Gasteiger partial charge in [0.05, 0.1) is 24.5 Å². The van der Waals surface area contributed by atoms with Crippen LogP contribution >= 0.6 is 12.2 Å². The van der Waals surface area contributed by atoms with E-state index >= 15 is 0 Å². The number of benzene rings is 2. The molecule has 1 amide bonds. The number of amides is 1. The highest BCUT2D eigenvalue weighted by Gasteiger charge is 2.42. The van der Waals surface area contributed by atoms with Crippen molar-refractivity contribution in [3.63, 3.8) is 0 Å². The fourth-order valence-electron chi connectivity index (χ4n) is 4.91. The predicted octanol–water partition coefficient (Wildman–Crippen LogP) is 4.95. The summed E-state index contributed by atoms with van der Waals surface area (Å²) in [6, 6.07) is 25.6. The fourth-order valence-corrected chi connectivity index (χ4v) is 5.26. The van der Waals surface area contributed by atoms with E-state index in [0.717, 1.165) is 28.5 Å². The monoisotopic (exact) mass is 527 g/mol. The summed E-state index contributed by atoms with van der Waals surface area (Å²) in [5, 5.41) is 6.95. The molecule has 0 spiro atoms. The second-order valence-electron chi connectivity index (χ2n) is 8.93. The third-order valence-corrected chi connectivity index (χ3v) is 6.85. The van der Waals surface area contributed by atoms with Crippen LogP contribution in [0.5, 0.6) is 5.75 Å². The molecule has 1 fully saturated rings. The van der Waals surface area contributed by atoms with Crippen LogP contribution in [0.2, 0.25) is 0 Å². The first kappa shape index (κ1) is 25.4. The number of nitrogens with one attached hydrogen (secondary N) is 2. The molecule has 9 heteroatoms. The van der Waals surface area contributed by atoms with Gasteiger partial charge < -0.3 is 29.6 Å². The van der Waals surface area contributed by atoms with Crippen molar-refractivity contribution in [3.05, 3.63) is 102 Å². The zero-order chi connectivity index (χ0) is 26.6. The van der Waals surface area contributed by atoms with Crippen molar-refractivity contribution in [3.8, 4) is 11.4 Å². The molecule has 194 valence electrons. The molecule has 0 saturated carbocycles. The Hall–Kier alpha value is -4.21. The number of nitrogens with zero attached hydrogens (tertiary/aromatic N) is 3. The van der Waals surface area contributed by atoms with Gasteiger partial charge in [-0.2, -0.15) is 0 Å². The van der Waals surface area contributed by atoms with Crippen molar-refractivity contribution >= 4 is 34.6 Å². The smallest absolute Gasteiger partial charge is 0.250 e. The van der Waals surface area contributed by atoms with Gasteiger partial charge in [-0.1, -0.05) is 24.3 Å². The van der Waals surface area contributed by atoms with E-state index in [4.69, 9.17) is 21.7 Å². The van der Waals surface area contributed by atoms with Crippen LogP contribution in [0.3, 0.4) is 0 Å². The van der Waals surface area contributed by atoms with Gasteiger partial charge in [-0.15, -0.1) is 0 Å². The van der Waals surface area contributed by atoms with Crippen LogP contribution in [0.1, 0.15) is 29.2 Å². The largest absolute Gasteiger partial charge is 0.495 e. The molecule has 1 aliphatic heterocycles. The van der Waals surface area contributed by atoms with Crippen molar-refractivity contribution in [2.24, 2.45) is 0 Å². The molecule has 0 radical (unpaired) electrons. The minimum atomic E-state index is -0.276. The number of thiocarbonyl (C=S) groups is 1. The number of anilines is 2. The molecular weight excluding hydrogens is 498 g/mol. The summed E-state index contributed by atoms with van der Waals surface area (Å²) in [5.41, 5.74) is 5.43. The Morgan fingerprint density at radius 1 is 1.03 bits per heavy atom. The van der Waals surface area contributed by atoms with Gasteiger partial charge in [-0.3, -0.25) is 9.78 Å². The minimum absolute atomic E-state index is 0.0642. The number of hydrogen-bond donors (Lipinski definition) is 2. The molecule has 0 aliphatic carbocycles. The minimum Gasteiger partial charge on any atom is -0.495 e. The van der Waals surface area contributed by atoms with Gasteiger partial charge in [0.15, 0.2) is 5.11 Å². The standard InChI is InChI=1S/C29H29N5O3S/c1-19-12-14-24(33(19)20-9-5-4-6-10-20)28-27(22-11-7-8-16-30-22)32-29(38)34(28)21-13-15-25(37-3)23(17-21)31-26(35)18-36-2/h4-17,27-28H,18H2,1-3H3,(H,31,35)(H,32,38)/t27-,28+/m1/s1. The maximum absolute atomic E-state index is 12.3. The van der Waals surface area contributed by atoms with E-state index in [9.17, 15) is 4.79 Å². The quantitative estimate of drug-likeness (QED) is 0.314. The number of pyridine rings is 1. The number of aryl methyl sites for hydroxylation is 1. The molecule has 1 saturated heterocycles. The molecule has 0 bridgehead atoms. The Balaban J connectivity index is 1.65. The lowest BCUT2D eigenvalue weighted by Gasteiger charge is -2.30. The van der Waals surface area contributed by atoms with Crippen LogP contribution in [0, 0.1) is 6.92 Å². The SMILES string of the molecule is COCC(=O)Nc1cc(N2C(=S)N[C@H](c3ccccn3)[C@@H]2c2ccc(C)n2-c2ccccc2)ccc1OC. The van der Waals surface area contributed by atoms with Crippen LogP contribution in [-0.4, -0.2) is 41.4 Å². The number of hydrogen-bond acceptors (Lipinski definition) is 5. The van der Waals surface area contributed by atoms with Crippen molar-refractivity contribution in [1.29, 1.82) is 0 Å². The highest BCUT2D eigenvalue weighted by Crippen LogP contribution is 2.44.